The van der Waals surface area contributed by atoms with E-state index in [0.29, 0.717) is 12.2 Å². The van der Waals surface area contributed by atoms with Crippen LogP contribution < -0.4 is 0 Å². The van der Waals surface area contributed by atoms with Crippen LogP contribution in [-0.2, 0) is 19.0 Å². The van der Waals surface area contributed by atoms with E-state index in [4.69, 9.17) is 14.2 Å². The van der Waals surface area contributed by atoms with E-state index in [1.807, 2.05) is 0 Å². The van der Waals surface area contributed by atoms with Gasteiger partial charge in [0.15, 0.2) is 0 Å². The first-order valence-electron chi connectivity index (χ1n) is 9.23. The highest BCUT2D eigenvalue weighted by Gasteiger charge is 2.39. The summed E-state index contributed by atoms with van der Waals surface area (Å²) in [6.45, 7) is 5.85. The molecule has 2 heterocycles. The van der Waals surface area contributed by atoms with Crippen molar-refractivity contribution >= 4 is 21.9 Å². The molecule has 0 aromatic heterocycles. The van der Waals surface area contributed by atoms with Crippen LogP contribution in [0.4, 0.5) is 4.39 Å². The lowest BCUT2D eigenvalue weighted by Gasteiger charge is -2.43. The summed E-state index contributed by atoms with van der Waals surface area (Å²) in [6.07, 6.45) is 3.61. The van der Waals surface area contributed by atoms with Crippen LogP contribution in [0.15, 0.2) is 18.2 Å². The maximum absolute atomic E-state index is 13.9. The van der Waals surface area contributed by atoms with E-state index in [-0.39, 0.29) is 23.4 Å². The van der Waals surface area contributed by atoms with Crippen molar-refractivity contribution in [3.8, 4) is 0 Å². The summed E-state index contributed by atoms with van der Waals surface area (Å²) in [5.41, 5.74) is 1.65. The topological polar surface area (TPSA) is 44.8 Å². The molecule has 1 aromatic carbocycles. The molecule has 0 bridgehead atoms. The quantitative estimate of drug-likeness (QED) is 0.507. The summed E-state index contributed by atoms with van der Waals surface area (Å²) in [4.78, 5) is 11.6. The normalized spacial score (nSPS) is 23.8. The first kappa shape index (κ1) is 19.8. The van der Waals surface area contributed by atoms with Crippen LogP contribution in [0, 0.1) is 11.2 Å². The summed E-state index contributed by atoms with van der Waals surface area (Å²) >= 11 is 3.39. The highest BCUT2D eigenvalue weighted by Crippen LogP contribution is 2.45. The summed E-state index contributed by atoms with van der Waals surface area (Å²) in [7, 11) is 0. The van der Waals surface area contributed by atoms with Gasteiger partial charge in [-0.1, -0.05) is 22.0 Å². The number of hydrogen-bond donors (Lipinski definition) is 0. The highest BCUT2D eigenvalue weighted by molar-refractivity contribution is 9.09. The second-order valence-corrected chi connectivity index (χ2v) is 8.49. The Bertz CT molecular complexity index is 633. The molecule has 2 aliphatic rings. The third-order valence-electron chi connectivity index (χ3n) is 5.31. The second kappa shape index (κ2) is 8.36. The van der Waals surface area contributed by atoms with E-state index >= 15 is 0 Å². The zero-order chi connectivity index (χ0) is 18.7. The molecular weight excluding hydrogens is 403 g/mol. The zero-order valence-corrected chi connectivity index (χ0v) is 16.9. The van der Waals surface area contributed by atoms with Crippen molar-refractivity contribution in [3.63, 3.8) is 0 Å². The first-order valence-corrected chi connectivity index (χ1v) is 10.1. The van der Waals surface area contributed by atoms with E-state index < -0.39 is 10.8 Å². The van der Waals surface area contributed by atoms with Gasteiger partial charge >= 0.3 is 5.97 Å². The lowest BCUT2D eigenvalue weighted by atomic mass is 9.74. The summed E-state index contributed by atoms with van der Waals surface area (Å²) in [5.74, 6) is -0.786. The largest absolute Gasteiger partial charge is 0.462 e. The van der Waals surface area contributed by atoms with Crippen molar-refractivity contribution in [3.05, 3.63) is 35.1 Å². The van der Waals surface area contributed by atoms with Crippen LogP contribution >= 0.6 is 15.9 Å². The lowest BCUT2D eigenvalue weighted by molar-refractivity contribution is -0.146. The Balaban J connectivity index is 1.77. The fraction of sp³-hybridized carbons (Fsp3) is 0.650. The average molecular weight is 429 g/mol. The zero-order valence-electron chi connectivity index (χ0n) is 15.3. The van der Waals surface area contributed by atoms with Crippen LogP contribution in [0.3, 0.4) is 0 Å². The Kier molecular flexibility index (Phi) is 6.36. The molecule has 144 valence electrons. The molecule has 6 heteroatoms. The molecule has 4 nitrogen and oxygen atoms in total. The second-order valence-electron chi connectivity index (χ2n) is 7.57. The number of alkyl halides is 1. The Morgan fingerprint density at radius 1 is 1.31 bits per heavy atom. The Morgan fingerprint density at radius 3 is 2.65 bits per heavy atom. The van der Waals surface area contributed by atoms with Crippen LogP contribution in [0.25, 0.3) is 0 Å². The number of hydrogen-bond acceptors (Lipinski definition) is 4. The molecule has 1 spiro atoms. The van der Waals surface area contributed by atoms with Crippen LogP contribution in [0.2, 0.25) is 0 Å². The summed E-state index contributed by atoms with van der Waals surface area (Å²) in [5, 5.41) is 0. The van der Waals surface area contributed by atoms with Gasteiger partial charge in [0, 0.05) is 13.2 Å². The van der Waals surface area contributed by atoms with Gasteiger partial charge < -0.3 is 14.2 Å². The standard InChI is InChI=1S/C20H26BrFO4/c1-13(2)26-19(23)18(21)16-11-14(22)3-4-15(16)17-5-6-20(12-25-17)7-9-24-10-8-20/h3-4,11,13,17-18H,5-10,12H2,1-2H3. The van der Waals surface area contributed by atoms with E-state index in [0.717, 1.165) is 44.5 Å². The van der Waals surface area contributed by atoms with Gasteiger partial charge in [0.1, 0.15) is 10.6 Å². The third-order valence-corrected chi connectivity index (χ3v) is 6.18. The molecule has 26 heavy (non-hydrogen) atoms. The maximum atomic E-state index is 13.9. The fourth-order valence-electron chi connectivity index (χ4n) is 3.79. The van der Waals surface area contributed by atoms with Crippen molar-refractivity contribution in [1.82, 2.24) is 0 Å². The molecule has 2 aliphatic heterocycles. The lowest BCUT2D eigenvalue weighted by Crippen LogP contribution is -2.38. The highest BCUT2D eigenvalue weighted by atomic mass is 79.9. The van der Waals surface area contributed by atoms with E-state index in [1.54, 1.807) is 19.9 Å². The van der Waals surface area contributed by atoms with Crippen LogP contribution in [0.5, 0.6) is 0 Å². The van der Waals surface area contributed by atoms with Gasteiger partial charge in [-0.05, 0) is 68.2 Å². The number of benzene rings is 1. The number of carbonyl (C=O) groups is 1. The summed E-state index contributed by atoms with van der Waals surface area (Å²) in [6, 6.07) is 4.56. The van der Waals surface area contributed by atoms with Crippen LogP contribution in [0.1, 0.15) is 61.6 Å². The molecular formula is C20H26BrFO4. The van der Waals surface area contributed by atoms with Gasteiger partial charge in [0.25, 0.3) is 0 Å². The predicted octanol–water partition coefficient (Wildman–Crippen LogP) is 4.86. The van der Waals surface area contributed by atoms with E-state index in [1.165, 1.54) is 12.1 Å². The van der Waals surface area contributed by atoms with Crippen molar-refractivity contribution < 1.29 is 23.4 Å². The van der Waals surface area contributed by atoms with Crippen molar-refractivity contribution in [2.45, 2.75) is 56.6 Å². The molecule has 2 saturated heterocycles. The molecule has 2 atom stereocenters. The van der Waals surface area contributed by atoms with Crippen LogP contribution in [-0.4, -0.2) is 31.9 Å². The first-order chi connectivity index (χ1) is 12.4. The van der Waals surface area contributed by atoms with Gasteiger partial charge in [-0.15, -0.1) is 0 Å². The van der Waals surface area contributed by atoms with Crippen molar-refractivity contribution in [2.24, 2.45) is 5.41 Å². The molecule has 0 N–H and O–H groups in total. The Morgan fingerprint density at radius 2 is 2.04 bits per heavy atom. The van der Waals surface area contributed by atoms with Gasteiger partial charge in [-0.2, -0.15) is 0 Å². The Hall–Kier alpha value is -0.980. The number of esters is 1. The molecule has 0 saturated carbocycles. The minimum absolute atomic E-state index is 0.133. The molecule has 0 radical (unpaired) electrons. The van der Waals surface area contributed by atoms with Gasteiger partial charge in [-0.3, -0.25) is 4.79 Å². The number of halogens is 2. The van der Waals surface area contributed by atoms with Gasteiger partial charge in [-0.25, -0.2) is 4.39 Å². The maximum Gasteiger partial charge on any atom is 0.324 e. The van der Waals surface area contributed by atoms with E-state index in [9.17, 15) is 9.18 Å². The molecule has 2 unspecified atom stereocenters. The average Bonchev–Trinajstić information content (AvgIpc) is 2.62. The minimum Gasteiger partial charge on any atom is -0.462 e. The number of rotatable bonds is 4. The fourth-order valence-corrected chi connectivity index (χ4v) is 4.30. The third kappa shape index (κ3) is 4.46. The molecule has 3 rings (SSSR count). The predicted molar refractivity (Wildman–Crippen MR) is 99.7 cm³/mol. The van der Waals surface area contributed by atoms with Crippen molar-refractivity contribution in [2.75, 3.05) is 19.8 Å². The molecule has 2 fully saturated rings. The molecule has 0 amide bonds. The minimum atomic E-state index is -0.710. The van der Waals surface area contributed by atoms with Gasteiger partial charge in [0.05, 0.1) is 18.8 Å². The smallest absolute Gasteiger partial charge is 0.324 e. The Labute approximate surface area is 162 Å². The van der Waals surface area contributed by atoms with Gasteiger partial charge in [0.2, 0.25) is 0 Å². The number of carbonyl (C=O) groups excluding carboxylic acids is 1. The SMILES string of the molecule is CC(C)OC(=O)C(Br)c1cc(F)ccc1C1CCC2(CCOCC2)CO1. The number of ether oxygens (including phenoxy) is 3. The molecule has 0 aliphatic carbocycles. The summed E-state index contributed by atoms with van der Waals surface area (Å²) < 4.78 is 30.8. The van der Waals surface area contributed by atoms with Crippen molar-refractivity contribution in [1.29, 1.82) is 0 Å². The molecule has 1 aromatic rings. The monoisotopic (exact) mass is 428 g/mol. The van der Waals surface area contributed by atoms with E-state index in [2.05, 4.69) is 15.9 Å².